The lowest BCUT2D eigenvalue weighted by Gasteiger charge is -2.23. The third-order valence-electron chi connectivity index (χ3n) is 8.01. The van der Waals surface area contributed by atoms with Gasteiger partial charge in [-0.2, -0.15) is 0 Å². The van der Waals surface area contributed by atoms with Crippen LogP contribution in [0.15, 0.2) is 52.1 Å². The van der Waals surface area contributed by atoms with E-state index < -0.39 is 17.5 Å². The van der Waals surface area contributed by atoms with Crippen molar-refractivity contribution in [3.8, 4) is 17.0 Å². The molecule has 0 bridgehead atoms. The van der Waals surface area contributed by atoms with Crippen molar-refractivity contribution in [2.75, 3.05) is 13.7 Å². The minimum absolute atomic E-state index is 0.00627. The van der Waals surface area contributed by atoms with Crippen molar-refractivity contribution < 1.29 is 17.9 Å². The molecule has 0 spiro atoms. The Bertz CT molecular complexity index is 1620. The minimum Gasteiger partial charge on any atom is -0.494 e. The van der Waals surface area contributed by atoms with Gasteiger partial charge in [-0.3, -0.25) is 15.0 Å². The van der Waals surface area contributed by atoms with Crippen LogP contribution in [0.25, 0.3) is 22.2 Å². The summed E-state index contributed by atoms with van der Waals surface area (Å²) < 4.78 is 49.6. The lowest BCUT2D eigenvalue weighted by molar-refractivity contribution is 0.419. The highest BCUT2D eigenvalue weighted by Gasteiger charge is 2.34. The first-order chi connectivity index (χ1) is 19.7. The van der Waals surface area contributed by atoms with Gasteiger partial charge in [0.2, 0.25) is 0 Å². The number of fused-ring (bicyclic) bond motifs is 1. The number of benzene rings is 2. The summed E-state index contributed by atoms with van der Waals surface area (Å²) in [6, 6.07) is 9.60. The van der Waals surface area contributed by atoms with Crippen molar-refractivity contribution in [2.24, 2.45) is 10.9 Å². The Morgan fingerprint density at radius 2 is 1.80 bits per heavy atom. The molecule has 2 heterocycles. The summed E-state index contributed by atoms with van der Waals surface area (Å²) in [6.45, 7) is 6.73. The smallest absolute Gasteiger partial charge is 0.161 e. The molecule has 2 atom stereocenters. The molecule has 2 unspecified atom stereocenters. The predicted molar refractivity (Wildman–Crippen MR) is 162 cm³/mol. The number of aromatic nitrogens is 2. The summed E-state index contributed by atoms with van der Waals surface area (Å²) in [5, 5.41) is 0.937. The summed E-state index contributed by atoms with van der Waals surface area (Å²) in [6.07, 6.45) is 7.19. The molecule has 0 saturated heterocycles. The Kier molecular flexibility index (Phi) is 8.78. The van der Waals surface area contributed by atoms with Crippen LogP contribution in [-0.2, 0) is 6.42 Å². The molecular weight excluding hydrogens is 591 g/mol. The molecule has 4 aromatic rings. The van der Waals surface area contributed by atoms with Gasteiger partial charge in [0.15, 0.2) is 11.6 Å². The maximum Gasteiger partial charge on any atom is 0.161 e. The summed E-state index contributed by atoms with van der Waals surface area (Å²) in [5.74, 6) is -1.82. The van der Waals surface area contributed by atoms with Crippen LogP contribution < -0.4 is 4.74 Å². The van der Waals surface area contributed by atoms with Crippen molar-refractivity contribution in [3.05, 3.63) is 86.9 Å². The van der Waals surface area contributed by atoms with E-state index in [-0.39, 0.29) is 17.4 Å². The molecule has 0 aliphatic heterocycles. The molecule has 0 N–H and O–H groups in total. The highest BCUT2D eigenvalue weighted by molar-refractivity contribution is 9.10. The number of aliphatic imine (C=N–C) groups is 1. The number of hydrogen-bond acceptors (Lipinski definition) is 4. The molecule has 41 heavy (non-hydrogen) atoms. The van der Waals surface area contributed by atoms with Gasteiger partial charge in [0.25, 0.3) is 0 Å². The number of rotatable bonds is 10. The minimum atomic E-state index is -1.21. The van der Waals surface area contributed by atoms with Crippen LogP contribution in [-0.4, -0.2) is 29.8 Å². The van der Waals surface area contributed by atoms with Gasteiger partial charge in [-0.15, -0.1) is 0 Å². The van der Waals surface area contributed by atoms with E-state index in [4.69, 9.17) is 14.7 Å². The number of nitrogens with zero attached hydrogens (tertiary/aromatic N) is 3. The Morgan fingerprint density at radius 1 is 1.05 bits per heavy atom. The monoisotopic (exact) mass is 623 g/mol. The van der Waals surface area contributed by atoms with E-state index in [1.54, 1.807) is 13.3 Å². The normalized spacial score (nSPS) is 15.0. The molecule has 1 fully saturated rings. The molecule has 214 valence electrons. The van der Waals surface area contributed by atoms with E-state index in [9.17, 15) is 8.78 Å². The van der Waals surface area contributed by atoms with E-state index >= 15 is 4.39 Å². The Hall–Kier alpha value is -3.26. The van der Waals surface area contributed by atoms with Crippen molar-refractivity contribution in [1.29, 1.82) is 0 Å². The van der Waals surface area contributed by atoms with Crippen LogP contribution in [0.4, 0.5) is 13.2 Å². The van der Waals surface area contributed by atoms with Crippen LogP contribution in [0.5, 0.6) is 5.75 Å². The third kappa shape index (κ3) is 6.17. The molecule has 2 aromatic heterocycles. The van der Waals surface area contributed by atoms with E-state index in [0.29, 0.717) is 36.4 Å². The average molecular weight is 625 g/mol. The van der Waals surface area contributed by atoms with E-state index in [1.165, 1.54) is 0 Å². The highest BCUT2D eigenvalue weighted by atomic mass is 79.9. The quantitative estimate of drug-likeness (QED) is 0.131. The van der Waals surface area contributed by atoms with Crippen LogP contribution in [0.3, 0.4) is 0 Å². The second kappa shape index (κ2) is 12.3. The van der Waals surface area contributed by atoms with E-state index in [0.717, 1.165) is 63.1 Å². The second-order valence-corrected chi connectivity index (χ2v) is 11.7. The molecule has 1 aliphatic rings. The SMILES string of the molecule is CCc1c(C(C)CC)cc(C(CN=Cc2cc(OC)c3ncc(Br)cc3c2)C2CC2)nc1-c1cc(F)c(F)cc1F. The van der Waals surface area contributed by atoms with Gasteiger partial charge in [-0.25, -0.2) is 13.2 Å². The molecular formula is C33H33BrF3N3O. The molecule has 1 saturated carbocycles. The van der Waals surface area contributed by atoms with Crippen molar-refractivity contribution >= 4 is 33.0 Å². The zero-order valence-electron chi connectivity index (χ0n) is 23.6. The maximum atomic E-state index is 15.1. The fourth-order valence-electron chi connectivity index (χ4n) is 5.46. The van der Waals surface area contributed by atoms with Crippen LogP contribution in [0.1, 0.15) is 74.3 Å². The lowest BCUT2D eigenvalue weighted by atomic mass is 9.86. The van der Waals surface area contributed by atoms with Crippen LogP contribution in [0.2, 0.25) is 0 Å². The second-order valence-electron chi connectivity index (χ2n) is 10.8. The first kappa shape index (κ1) is 29.2. The van der Waals surface area contributed by atoms with Gasteiger partial charge in [-0.05, 0) is 100 Å². The molecule has 0 radical (unpaired) electrons. The molecule has 8 heteroatoms. The van der Waals surface area contributed by atoms with Crippen LogP contribution in [0, 0.1) is 23.4 Å². The first-order valence-electron chi connectivity index (χ1n) is 14.1. The molecule has 5 rings (SSSR count). The summed E-state index contributed by atoms with van der Waals surface area (Å²) >= 11 is 3.48. The zero-order chi connectivity index (χ0) is 29.3. The largest absolute Gasteiger partial charge is 0.494 e. The Balaban J connectivity index is 1.55. The standard InChI is InChI=1S/C33H33BrF3N3O/c1-5-18(3)24-13-30(40-33(23(24)6-2)25-12-28(36)29(37)14-27(25)35)26(20-7-8-20)17-38-15-19-9-21-11-22(34)16-39-32(21)31(10-19)41-4/h9-16,18,20,26H,5-8,17H2,1-4H3. The molecule has 1 aliphatic carbocycles. The molecule has 4 nitrogen and oxygen atoms in total. The predicted octanol–water partition coefficient (Wildman–Crippen LogP) is 9.17. The summed E-state index contributed by atoms with van der Waals surface area (Å²) in [5.41, 5.74) is 4.82. The first-order valence-corrected chi connectivity index (χ1v) is 14.8. The zero-order valence-corrected chi connectivity index (χ0v) is 25.2. The van der Waals surface area contributed by atoms with Gasteiger partial charge in [-0.1, -0.05) is 20.8 Å². The fourth-order valence-corrected chi connectivity index (χ4v) is 5.81. The average Bonchev–Trinajstić information content (AvgIpc) is 3.81. The Morgan fingerprint density at radius 3 is 2.49 bits per heavy atom. The van der Waals surface area contributed by atoms with Crippen molar-refractivity contribution in [1.82, 2.24) is 9.97 Å². The summed E-state index contributed by atoms with van der Waals surface area (Å²) in [7, 11) is 1.62. The summed E-state index contributed by atoms with van der Waals surface area (Å²) in [4.78, 5) is 14.3. The number of methoxy groups -OCH3 is 1. The van der Waals surface area contributed by atoms with Gasteiger partial charge in [0, 0.05) is 52.1 Å². The maximum absolute atomic E-state index is 15.1. The highest BCUT2D eigenvalue weighted by Crippen LogP contribution is 2.44. The fraction of sp³-hybridized carbons (Fsp3) is 0.364. The van der Waals surface area contributed by atoms with Gasteiger partial charge in [0.05, 0.1) is 12.8 Å². The molecule has 2 aromatic carbocycles. The Labute approximate surface area is 247 Å². The van der Waals surface area contributed by atoms with E-state index in [2.05, 4.69) is 40.8 Å². The molecule has 0 amide bonds. The van der Waals surface area contributed by atoms with Crippen molar-refractivity contribution in [2.45, 2.75) is 58.3 Å². The van der Waals surface area contributed by atoms with Gasteiger partial charge >= 0.3 is 0 Å². The topological polar surface area (TPSA) is 47.4 Å². The third-order valence-corrected chi connectivity index (χ3v) is 8.44. The number of halogens is 4. The number of pyridine rings is 2. The lowest BCUT2D eigenvalue weighted by Crippen LogP contribution is -2.13. The number of hydrogen-bond donors (Lipinski definition) is 0. The number of ether oxygens (including phenoxy) is 1. The van der Waals surface area contributed by atoms with Crippen LogP contribution >= 0.6 is 15.9 Å². The van der Waals surface area contributed by atoms with Gasteiger partial charge in [0.1, 0.15) is 17.1 Å². The van der Waals surface area contributed by atoms with Gasteiger partial charge < -0.3 is 4.74 Å². The van der Waals surface area contributed by atoms with E-state index in [1.807, 2.05) is 31.3 Å². The van der Waals surface area contributed by atoms with Crippen molar-refractivity contribution in [3.63, 3.8) is 0 Å².